The lowest BCUT2D eigenvalue weighted by molar-refractivity contribution is -0.140. The number of methoxy groups -OCH3 is 2. The maximum absolute atomic E-state index is 10.8. The Kier molecular flexibility index (Phi) is 16.1. The summed E-state index contributed by atoms with van der Waals surface area (Å²) in [6, 6.07) is 15.8. The number of aromatic nitrogens is 2. The van der Waals surface area contributed by atoms with Crippen molar-refractivity contribution in [3.8, 4) is 34.6 Å². The van der Waals surface area contributed by atoms with E-state index in [1.807, 2.05) is 36.4 Å². The fourth-order valence-corrected chi connectivity index (χ4v) is 6.84. The molecule has 0 spiro atoms. The lowest BCUT2D eigenvalue weighted by Crippen LogP contribution is -2.28. The Bertz CT molecular complexity index is 1790. The van der Waals surface area contributed by atoms with Crippen molar-refractivity contribution in [1.82, 2.24) is 15.3 Å². The highest BCUT2D eigenvalue weighted by atomic mass is 79.9. The molecule has 0 amide bonds. The maximum Gasteiger partial charge on any atom is 0.306 e. The first kappa shape index (κ1) is 42.5. The highest BCUT2D eigenvalue weighted by Crippen LogP contribution is 2.35. The highest BCUT2D eigenvalue weighted by molar-refractivity contribution is 9.10. The second-order valence-corrected chi connectivity index (χ2v) is 14.4. The number of nitrogens with one attached hydrogen (secondary N) is 1. The van der Waals surface area contributed by atoms with Crippen LogP contribution in [-0.4, -0.2) is 75.3 Å². The third-order valence-electron chi connectivity index (χ3n) is 8.76. The SMILES string of the molecule is COc1nc(OCc2cccc(-c3cccc(COc4nc(OC)c(CNC[C@@H](O)CC(=O)O)cc4Br)c3C)c2C)c(Br)cc1CCC[C@@H](O)CC(=O)O. The Morgan fingerprint density at radius 3 is 1.70 bits per heavy atom. The van der Waals surface area contributed by atoms with E-state index in [2.05, 4.69) is 73.1 Å². The van der Waals surface area contributed by atoms with Gasteiger partial charge in [0.05, 0.1) is 48.2 Å². The van der Waals surface area contributed by atoms with Crippen molar-refractivity contribution in [3.63, 3.8) is 0 Å². The summed E-state index contributed by atoms with van der Waals surface area (Å²) in [6.45, 7) is 5.01. The molecule has 0 fully saturated rings. The molecule has 0 aliphatic carbocycles. The van der Waals surface area contributed by atoms with Crippen LogP contribution in [0.3, 0.4) is 0 Å². The summed E-state index contributed by atoms with van der Waals surface area (Å²) in [5.74, 6) is -0.635. The van der Waals surface area contributed by atoms with E-state index in [4.69, 9.17) is 29.2 Å². The highest BCUT2D eigenvalue weighted by Gasteiger charge is 2.18. The van der Waals surface area contributed by atoms with Crippen LogP contribution >= 0.6 is 31.9 Å². The number of carboxylic acids is 2. The van der Waals surface area contributed by atoms with Crippen LogP contribution in [0.2, 0.25) is 0 Å². The Balaban J connectivity index is 1.43. The summed E-state index contributed by atoms with van der Waals surface area (Å²) < 4.78 is 24.6. The van der Waals surface area contributed by atoms with E-state index >= 15 is 0 Å². The van der Waals surface area contributed by atoms with Gasteiger partial charge >= 0.3 is 11.9 Å². The zero-order chi connectivity index (χ0) is 39.4. The lowest BCUT2D eigenvalue weighted by atomic mass is 9.92. The summed E-state index contributed by atoms with van der Waals surface area (Å²) in [5, 5.41) is 40.5. The smallest absolute Gasteiger partial charge is 0.306 e. The van der Waals surface area contributed by atoms with Gasteiger partial charge in [0, 0.05) is 24.2 Å². The normalized spacial score (nSPS) is 12.2. The van der Waals surface area contributed by atoms with Gasteiger partial charge in [-0.2, -0.15) is 9.97 Å². The molecule has 2 heterocycles. The number of rotatable bonds is 21. The van der Waals surface area contributed by atoms with Gasteiger partial charge in [-0.1, -0.05) is 36.4 Å². The minimum absolute atomic E-state index is 0.100. The maximum atomic E-state index is 10.8. The quantitative estimate of drug-likeness (QED) is 0.0607. The van der Waals surface area contributed by atoms with Crippen LogP contribution in [0, 0.1) is 13.8 Å². The van der Waals surface area contributed by atoms with Crippen molar-refractivity contribution >= 4 is 43.8 Å². The molecule has 0 bridgehead atoms. The third kappa shape index (κ3) is 11.9. The van der Waals surface area contributed by atoms with Crippen LogP contribution in [0.15, 0.2) is 57.5 Å². The van der Waals surface area contributed by atoms with Crippen molar-refractivity contribution in [2.24, 2.45) is 0 Å². The molecule has 0 saturated heterocycles. The lowest BCUT2D eigenvalue weighted by Gasteiger charge is -2.18. The standard InChI is InChI=1S/C39H45Br2N3O10/c1-22-25(20-53-38-32(40)14-24(36(43-38)51-3)8-5-11-28(45)16-34(47)48)9-6-12-30(22)31-13-7-10-26(23(31)2)21-54-39-33(41)15-27(37(44-39)52-4)18-42-19-29(46)17-35(49)50/h6-7,9-10,12-15,28-29,42,45-46H,5,8,11,16-21H2,1-4H3,(H,47,48)(H,49,50)/t28-,29+/m1/s1. The number of halogens is 2. The first-order chi connectivity index (χ1) is 25.8. The van der Waals surface area contributed by atoms with Crippen LogP contribution < -0.4 is 24.3 Å². The second-order valence-electron chi connectivity index (χ2n) is 12.7. The van der Waals surface area contributed by atoms with Gasteiger partial charge in [-0.15, -0.1) is 0 Å². The van der Waals surface area contributed by atoms with Crippen molar-refractivity contribution in [3.05, 3.63) is 90.9 Å². The molecule has 54 heavy (non-hydrogen) atoms. The molecule has 2 aromatic heterocycles. The number of carbonyl (C=O) groups is 2. The van der Waals surface area contributed by atoms with E-state index < -0.39 is 24.1 Å². The van der Waals surface area contributed by atoms with Crippen molar-refractivity contribution in [2.75, 3.05) is 20.8 Å². The topological polar surface area (TPSA) is 190 Å². The van der Waals surface area contributed by atoms with E-state index in [1.54, 1.807) is 0 Å². The Hall–Kier alpha value is -4.28. The van der Waals surface area contributed by atoms with Gasteiger partial charge in [0.25, 0.3) is 0 Å². The number of pyridine rings is 2. The summed E-state index contributed by atoms with van der Waals surface area (Å²) in [6.07, 6.45) is -1.10. The molecular weight excluding hydrogens is 830 g/mol. The summed E-state index contributed by atoms with van der Waals surface area (Å²) in [7, 11) is 3.03. The van der Waals surface area contributed by atoms with Gasteiger partial charge in [0.1, 0.15) is 13.2 Å². The molecule has 15 heteroatoms. The minimum atomic E-state index is -1.07. The molecule has 0 saturated carbocycles. The molecule has 0 aliphatic rings. The Morgan fingerprint density at radius 1 is 0.722 bits per heavy atom. The number of nitrogens with zero attached hydrogens (tertiary/aromatic N) is 2. The fourth-order valence-electron chi connectivity index (χ4n) is 5.88. The van der Waals surface area contributed by atoms with E-state index in [0.717, 1.165) is 38.9 Å². The van der Waals surface area contributed by atoms with Crippen molar-refractivity contribution in [1.29, 1.82) is 0 Å². The van der Waals surface area contributed by atoms with E-state index in [1.165, 1.54) is 14.2 Å². The molecule has 2 aromatic carbocycles. The van der Waals surface area contributed by atoms with Gasteiger partial charge in [-0.25, -0.2) is 0 Å². The third-order valence-corrected chi connectivity index (χ3v) is 9.90. The number of hydrogen-bond donors (Lipinski definition) is 5. The minimum Gasteiger partial charge on any atom is -0.481 e. The Labute approximate surface area is 330 Å². The number of aliphatic carboxylic acids is 2. The number of hydrogen-bond acceptors (Lipinski definition) is 11. The largest absolute Gasteiger partial charge is 0.481 e. The van der Waals surface area contributed by atoms with Gasteiger partial charge in [0.2, 0.25) is 23.5 Å². The molecule has 0 unspecified atom stereocenters. The average molecular weight is 876 g/mol. The summed E-state index contributed by atoms with van der Waals surface area (Å²) in [4.78, 5) is 30.8. The molecule has 0 radical (unpaired) electrons. The zero-order valence-corrected chi connectivity index (χ0v) is 33.7. The first-order valence-electron chi connectivity index (χ1n) is 17.2. The molecule has 0 aliphatic heterocycles. The van der Waals surface area contributed by atoms with Crippen LogP contribution in [0.1, 0.15) is 59.1 Å². The number of ether oxygens (including phenoxy) is 4. The number of carboxylic acid groups (broad SMARTS) is 2. The van der Waals surface area contributed by atoms with Gasteiger partial charge in [-0.3, -0.25) is 9.59 Å². The van der Waals surface area contributed by atoms with Crippen LogP contribution in [-0.2, 0) is 35.8 Å². The van der Waals surface area contributed by atoms with Crippen molar-refractivity contribution < 1.29 is 49.0 Å². The molecule has 290 valence electrons. The molecule has 13 nitrogen and oxygen atoms in total. The summed E-state index contributed by atoms with van der Waals surface area (Å²) >= 11 is 7.11. The number of benzene rings is 2. The fraction of sp³-hybridized carbons (Fsp3) is 0.385. The van der Waals surface area contributed by atoms with E-state index in [-0.39, 0.29) is 32.6 Å². The predicted molar refractivity (Wildman–Crippen MR) is 208 cm³/mol. The van der Waals surface area contributed by atoms with Crippen LogP contribution in [0.25, 0.3) is 11.1 Å². The number of aliphatic hydroxyl groups is 2. The molecule has 4 rings (SSSR count). The van der Waals surface area contributed by atoms with E-state index in [0.29, 0.717) is 63.8 Å². The molecular formula is C39H45Br2N3O10. The molecule has 5 N–H and O–H groups in total. The monoisotopic (exact) mass is 873 g/mol. The average Bonchev–Trinajstić information content (AvgIpc) is 3.11. The number of aliphatic hydroxyl groups excluding tert-OH is 2. The van der Waals surface area contributed by atoms with Gasteiger partial charge in [0.15, 0.2) is 0 Å². The summed E-state index contributed by atoms with van der Waals surface area (Å²) in [5.41, 5.74) is 7.66. The molecule has 4 aromatic rings. The van der Waals surface area contributed by atoms with Crippen molar-refractivity contribution in [2.45, 2.75) is 77.9 Å². The predicted octanol–water partition coefficient (Wildman–Crippen LogP) is 6.54. The van der Waals surface area contributed by atoms with Crippen LogP contribution in [0.4, 0.5) is 0 Å². The number of aryl methyl sites for hydroxylation is 1. The second kappa shape index (κ2) is 20.4. The van der Waals surface area contributed by atoms with E-state index in [9.17, 15) is 19.8 Å². The van der Waals surface area contributed by atoms with Crippen LogP contribution in [0.5, 0.6) is 23.5 Å². The zero-order valence-electron chi connectivity index (χ0n) is 30.5. The first-order valence-corrected chi connectivity index (χ1v) is 18.8. The van der Waals surface area contributed by atoms with Gasteiger partial charge < -0.3 is 44.7 Å². The Morgan fingerprint density at radius 2 is 1.20 bits per heavy atom. The van der Waals surface area contributed by atoms with Gasteiger partial charge in [-0.05, 0) is 110 Å². The molecule has 2 atom stereocenters.